The molecule has 0 atom stereocenters. The molecule has 0 spiro atoms. The van der Waals surface area contributed by atoms with Crippen LogP contribution < -0.4 is 0 Å². The number of halogens is 2. The Hall–Kier alpha value is -0.920. The van der Waals surface area contributed by atoms with Crippen LogP contribution in [0.15, 0.2) is 18.2 Å². The molecule has 128 valence electrons. The first-order valence-electron chi connectivity index (χ1n) is 9.63. The standard InChI is InChI=1S/C21H30F2/c1-2-4-15-7-9-16(10-8-15)17-11-13-18(14-12-17)21-19(22)5-3-6-20(21)23/h3,5-6,15-18H,2,4,7-14H2,1H3/t15-,16-,17-,18-. The zero-order valence-electron chi connectivity index (χ0n) is 14.4. The fourth-order valence-electron chi connectivity index (χ4n) is 5.14. The SMILES string of the molecule is CCC[C@H]1CC[C@H]([C@H]2CC[C@H](c3c(F)cccc3F)CC2)CC1. The summed E-state index contributed by atoms with van der Waals surface area (Å²) in [5.41, 5.74) is 0.345. The van der Waals surface area contributed by atoms with Crippen LogP contribution in [0, 0.1) is 29.4 Å². The third-order valence-corrected chi connectivity index (χ3v) is 6.43. The second kappa shape index (κ2) is 7.77. The molecule has 23 heavy (non-hydrogen) atoms. The first kappa shape index (κ1) is 16.9. The molecular formula is C21H30F2. The van der Waals surface area contributed by atoms with E-state index in [0.29, 0.717) is 5.56 Å². The zero-order chi connectivity index (χ0) is 16.2. The van der Waals surface area contributed by atoms with Gasteiger partial charge in [-0.1, -0.05) is 38.7 Å². The summed E-state index contributed by atoms with van der Waals surface area (Å²) in [5, 5.41) is 0. The van der Waals surface area contributed by atoms with Crippen molar-refractivity contribution < 1.29 is 8.78 Å². The summed E-state index contributed by atoms with van der Waals surface area (Å²) in [6.07, 6.45) is 12.5. The van der Waals surface area contributed by atoms with Crippen LogP contribution in [-0.2, 0) is 0 Å². The topological polar surface area (TPSA) is 0 Å². The molecule has 0 aromatic heterocycles. The van der Waals surface area contributed by atoms with Gasteiger partial charge in [0.2, 0.25) is 0 Å². The number of hydrogen-bond donors (Lipinski definition) is 0. The van der Waals surface area contributed by atoms with Gasteiger partial charge in [-0.3, -0.25) is 0 Å². The first-order valence-corrected chi connectivity index (χ1v) is 9.63. The van der Waals surface area contributed by atoms with E-state index in [1.165, 1.54) is 56.7 Å². The summed E-state index contributed by atoms with van der Waals surface area (Å²) < 4.78 is 27.9. The minimum Gasteiger partial charge on any atom is -0.207 e. The Morgan fingerprint density at radius 1 is 0.826 bits per heavy atom. The minimum absolute atomic E-state index is 0.0869. The van der Waals surface area contributed by atoms with Gasteiger partial charge in [0.15, 0.2) is 0 Å². The van der Waals surface area contributed by atoms with E-state index in [0.717, 1.165) is 43.4 Å². The third kappa shape index (κ3) is 3.95. The fourth-order valence-corrected chi connectivity index (χ4v) is 5.14. The Kier molecular flexibility index (Phi) is 5.71. The fraction of sp³-hybridized carbons (Fsp3) is 0.714. The smallest absolute Gasteiger partial charge is 0.129 e. The molecule has 0 saturated heterocycles. The predicted octanol–water partition coefficient (Wildman–Crippen LogP) is 6.85. The van der Waals surface area contributed by atoms with Crippen molar-refractivity contribution in [2.75, 3.05) is 0 Å². The van der Waals surface area contributed by atoms with Crippen LogP contribution in [0.5, 0.6) is 0 Å². The van der Waals surface area contributed by atoms with Gasteiger partial charge >= 0.3 is 0 Å². The molecule has 1 aromatic carbocycles. The van der Waals surface area contributed by atoms with Crippen molar-refractivity contribution in [1.82, 2.24) is 0 Å². The maximum absolute atomic E-state index is 14.0. The highest BCUT2D eigenvalue weighted by atomic mass is 19.1. The van der Waals surface area contributed by atoms with Gasteiger partial charge in [0.1, 0.15) is 11.6 Å². The van der Waals surface area contributed by atoms with E-state index in [-0.39, 0.29) is 17.6 Å². The van der Waals surface area contributed by atoms with Gasteiger partial charge in [0.25, 0.3) is 0 Å². The average molecular weight is 320 g/mol. The van der Waals surface area contributed by atoms with E-state index in [9.17, 15) is 8.78 Å². The van der Waals surface area contributed by atoms with Gasteiger partial charge < -0.3 is 0 Å². The molecule has 0 radical (unpaired) electrons. The lowest BCUT2D eigenvalue weighted by atomic mass is 9.68. The molecule has 0 bridgehead atoms. The van der Waals surface area contributed by atoms with E-state index in [4.69, 9.17) is 0 Å². The lowest BCUT2D eigenvalue weighted by Gasteiger charge is -2.38. The van der Waals surface area contributed by atoms with Gasteiger partial charge in [0.05, 0.1) is 0 Å². The molecule has 0 unspecified atom stereocenters. The zero-order valence-corrected chi connectivity index (χ0v) is 14.4. The van der Waals surface area contributed by atoms with E-state index >= 15 is 0 Å². The largest absolute Gasteiger partial charge is 0.207 e. The van der Waals surface area contributed by atoms with Gasteiger partial charge in [-0.05, 0) is 74.3 Å². The van der Waals surface area contributed by atoms with Crippen molar-refractivity contribution in [3.63, 3.8) is 0 Å². The molecule has 2 fully saturated rings. The van der Waals surface area contributed by atoms with Crippen molar-refractivity contribution in [3.05, 3.63) is 35.4 Å². The first-order chi connectivity index (χ1) is 11.2. The highest BCUT2D eigenvalue weighted by Gasteiger charge is 2.32. The van der Waals surface area contributed by atoms with Crippen LogP contribution in [0.4, 0.5) is 8.78 Å². The summed E-state index contributed by atoms with van der Waals surface area (Å²) in [6.45, 7) is 2.29. The van der Waals surface area contributed by atoms with E-state index in [2.05, 4.69) is 6.92 Å². The van der Waals surface area contributed by atoms with Crippen LogP contribution in [0.2, 0.25) is 0 Å². The average Bonchev–Trinajstić information content (AvgIpc) is 2.56. The third-order valence-electron chi connectivity index (χ3n) is 6.43. The molecule has 2 aliphatic carbocycles. The molecule has 0 aliphatic heterocycles. The van der Waals surface area contributed by atoms with Crippen LogP contribution in [0.1, 0.15) is 82.6 Å². The molecule has 0 amide bonds. The second-order valence-corrected chi connectivity index (χ2v) is 7.82. The number of rotatable bonds is 4. The highest BCUT2D eigenvalue weighted by molar-refractivity contribution is 5.24. The van der Waals surface area contributed by atoms with Crippen molar-refractivity contribution in [2.45, 2.75) is 77.0 Å². The van der Waals surface area contributed by atoms with Gasteiger partial charge in [0, 0.05) is 5.56 Å². The maximum Gasteiger partial charge on any atom is 0.129 e. The molecule has 2 saturated carbocycles. The van der Waals surface area contributed by atoms with E-state index < -0.39 is 0 Å². The van der Waals surface area contributed by atoms with Crippen molar-refractivity contribution in [1.29, 1.82) is 0 Å². The Labute approximate surface area is 139 Å². The number of hydrogen-bond acceptors (Lipinski definition) is 0. The summed E-state index contributed by atoms with van der Waals surface area (Å²) in [5.74, 6) is 2.00. The molecule has 0 N–H and O–H groups in total. The molecule has 0 heterocycles. The molecule has 3 rings (SSSR count). The Balaban J connectivity index is 1.53. The van der Waals surface area contributed by atoms with E-state index in [1.807, 2.05) is 0 Å². The second-order valence-electron chi connectivity index (χ2n) is 7.82. The Morgan fingerprint density at radius 3 is 1.87 bits per heavy atom. The normalized spacial score (nSPS) is 32.0. The Morgan fingerprint density at radius 2 is 1.35 bits per heavy atom. The van der Waals surface area contributed by atoms with Gasteiger partial charge in [-0.25, -0.2) is 8.78 Å². The quantitative estimate of drug-likeness (QED) is 0.569. The van der Waals surface area contributed by atoms with Gasteiger partial charge in [-0.2, -0.15) is 0 Å². The van der Waals surface area contributed by atoms with Crippen LogP contribution in [0.3, 0.4) is 0 Å². The summed E-state index contributed by atoms with van der Waals surface area (Å²) in [7, 11) is 0. The molecule has 0 nitrogen and oxygen atoms in total. The predicted molar refractivity (Wildman–Crippen MR) is 91.4 cm³/mol. The molecular weight excluding hydrogens is 290 g/mol. The van der Waals surface area contributed by atoms with Crippen LogP contribution >= 0.6 is 0 Å². The van der Waals surface area contributed by atoms with Crippen LogP contribution in [0.25, 0.3) is 0 Å². The Bertz CT molecular complexity index is 474. The lowest BCUT2D eigenvalue weighted by Crippen LogP contribution is -2.25. The van der Waals surface area contributed by atoms with E-state index in [1.54, 1.807) is 0 Å². The van der Waals surface area contributed by atoms with Gasteiger partial charge in [-0.15, -0.1) is 0 Å². The summed E-state index contributed by atoms with van der Waals surface area (Å²) >= 11 is 0. The monoisotopic (exact) mass is 320 g/mol. The lowest BCUT2D eigenvalue weighted by molar-refractivity contribution is 0.155. The molecule has 2 aliphatic rings. The van der Waals surface area contributed by atoms with Crippen molar-refractivity contribution in [3.8, 4) is 0 Å². The summed E-state index contributed by atoms with van der Waals surface area (Å²) in [6, 6.07) is 4.27. The molecule has 1 aromatic rings. The highest BCUT2D eigenvalue weighted by Crippen LogP contribution is 2.45. The van der Waals surface area contributed by atoms with Crippen molar-refractivity contribution >= 4 is 0 Å². The minimum atomic E-state index is -0.353. The summed E-state index contributed by atoms with van der Waals surface area (Å²) in [4.78, 5) is 0. The maximum atomic E-state index is 14.0. The van der Waals surface area contributed by atoms with Crippen LogP contribution in [-0.4, -0.2) is 0 Å². The van der Waals surface area contributed by atoms with Crippen molar-refractivity contribution in [2.24, 2.45) is 17.8 Å². The molecule has 2 heteroatoms. The number of benzene rings is 1.